The lowest BCUT2D eigenvalue weighted by molar-refractivity contribution is -0.385. The van der Waals surface area contributed by atoms with Gasteiger partial charge in [0.25, 0.3) is 0 Å². The van der Waals surface area contributed by atoms with Gasteiger partial charge in [-0.15, -0.1) is 0 Å². The van der Waals surface area contributed by atoms with E-state index in [9.17, 15) is 14.9 Å². The van der Waals surface area contributed by atoms with E-state index in [1.165, 1.54) is 39.3 Å². The highest BCUT2D eigenvalue weighted by molar-refractivity contribution is 6.02. The molecule has 0 bridgehead atoms. The van der Waals surface area contributed by atoms with Crippen LogP contribution in [0.5, 0.6) is 23.0 Å². The molecule has 3 aromatic rings. The third kappa shape index (κ3) is 4.60. The number of fused-ring (bicyclic) bond motifs is 1. The summed E-state index contributed by atoms with van der Waals surface area (Å²) in [4.78, 5) is 26.7. The maximum absolute atomic E-state index is 11.9. The van der Waals surface area contributed by atoms with Gasteiger partial charge in [0.2, 0.25) is 5.75 Å². The van der Waals surface area contributed by atoms with Crippen LogP contribution in [0, 0.1) is 10.1 Å². The molecule has 3 rings (SSSR count). The zero-order valence-electron chi connectivity index (χ0n) is 16.9. The summed E-state index contributed by atoms with van der Waals surface area (Å²) in [6.45, 7) is 5.45. The van der Waals surface area contributed by atoms with E-state index in [-0.39, 0.29) is 17.2 Å². The van der Waals surface area contributed by atoms with E-state index < -0.39 is 4.92 Å². The fraction of sp³-hybridized carbons (Fsp3) is 0.238. The first-order valence-corrected chi connectivity index (χ1v) is 8.92. The summed E-state index contributed by atoms with van der Waals surface area (Å²) in [6.07, 6.45) is 1.56. The molecule has 0 aliphatic carbocycles. The maximum Gasteiger partial charge on any atom is 0.311 e. The van der Waals surface area contributed by atoms with Gasteiger partial charge in [-0.1, -0.05) is 13.8 Å². The molecule has 152 valence electrons. The second-order valence-electron chi connectivity index (χ2n) is 5.63. The van der Waals surface area contributed by atoms with E-state index in [1.807, 2.05) is 13.8 Å². The third-order valence-corrected chi connectivity index (χ3v) is 3.98. The predicted molar refractivity (Wildman–Crippen MR) is 109 cm³/mol. The molecule has 0 N–H and O–H groups in total. The van der Waals surface area contributed by atoms with Gasteiger partial charge < -0.3 is 14.2 Å². The molecule has 0 saturated carbocycles. The lowest BCUT2D eigenvalue weighted by Gasteiger charge is -2.12. The second-order valence-corrected chi connectivity index (χ2v) is 5.63. The van der Waals surface area contributed by atoms with E-state index in [2.05, 4.69) is 4.98 Å². The van der Waals surface area contributed by atoms with Crippen molar-refractivity contribution in [3.63, 3.8) is 0 Å². The molecule has 0 saturated heterocycles. The lowest BCUT2D eigenvalue weighted by Crippen LogP contribution is -1.99. The second kappa shape index (κ2) is 9.50. The Hall–Kier alpha value is -3.68. The van der Waals surface area contributed by atoms with Gasteiger partial charge in [-0.2, -0.15) is 0 Å². The Labute approximate surface area is 168 Å². The van der Waals surface area contributed by atoms with Crippen molar-refractivity contribution in [2.75, 3.05) is 14.2 Å². The van der Waals surface area contributed by atoms with E-state index in [4.69, 9.17) is 14.2 Å². The van der Waals surface area contributed by atoms with E-state index in [0.717, 1.165) is 0 Å². The number of hydrogen-bond donors (Lipinski definition) is 0. The summed E-state index contributed by atoms with van der Waals surface area (Å²) >= 11 is 0. The first kappa shape index (κ1) is 21.6. The number of hydrogen-bond acceptors (Lipinski definition) is 7. The number of carbonyl (C=O) groups excluding carboxylic acids is 1. The van der Waals surface area contributed by atoms with Gasteiger partial charge in [0.05, 0.1) is 30.2 Å². The molecule has 0 unspecified atom stereocenters. The first-order chi connectivity index (χ1) is 13.9. The van der Waals surface area contributed by atoms with Crippen molar-refractivity contribution in [3.8, 4) is 23.0 Å². The predicted octanol–water partition coefficient (Wildman–Crippen LogP) is 5.18. The first-order valence-electron chi connectivity index (χ1n) is 8.92. The normalized spacial score (nSPS) is 9.97. The largest absolute Gasteiger partial charge is 0.496 e. The average Bonchev–Trinajstić information content (AvgIpc) is 2.74. The SMILES string of the molecule is CC.COc1cc2nccc(Oc3ccc([N+](=O)[O-])c(OC)c3)c2cc1C(C)=O. The number of aromatic nitrogens is 1. The fourth-order valence-corrected chi connectivity index (χ4v) is 2.68. The summed E-state index contributed by atoms with van der Waals surface area (Å²) in [5, 5.41) is 11.6. The molecule has 0 aliphatic rings. The highest BCUT2D eigenvalue weighted by Gasteiger charge is 2.17. The molecule has 0 aliphatic heterocycles. The Morgan fingerprint density at radius 1 is 1.00 bits per heavy atom. The van der Waals surface area contributed by atoms with Crippen LogP contribution in [-0.2, 0) is 0 Å². The number of nitrogens with zero attached hydrogens (tertiary/aromatic N) is 2. The summed E-state index contributed by atoms with van der Waals surface area (Å²) in [7, 11) is 2.83. The molecular formula is C21H22N2O6. The van der Waals surface area contributed by atoms with Gasteiger partial charge in [0.1, 0.15) is 17.2 Å². The molecule has 8 nitrogen and oxygen atoms in total. The van der Waals surface area contributed by atoms with Gasteiger partial charge in [0, 0.05) is 29.8 Å². The standard InChI is InChI=1S/C19H16N2O6.C2H6/c1-11(22)13-9-14-15(10-18(13)25-2)20-7-6-17(14)27-12-4-5-16(21(23)24)19(8-12)26-3;1-2/h4-10H,1-3H3;1-2H3. The Bertz CT molecular complexity index is 1050. The van der Waals surface area contributed by atoms with Crippen LogP contribution in [0.2, 0.25) is 0 Å². The minimum atomic E-state index is -0.532. The number of pyridine rings is 1. The minimum absolute atomic E-state index is 0.0851. The highest BCUT2D eigenvalue weighted by Crippen LogP contribution is 2.36. The van der Waals surface area contributed by atoms with Crippen LogP contribution in [0.1, 0.15) is 31.1 Å². The van der Waals surface area contributed by atoms with Crippen LogP contribution < -0.4 is 14.2 Å². The van der Waals surface area contributed by atoms with E-state index in [1.54, 1.807) is 24.4 Å². The Kier molecular flexibility index (Phi) is 7.08. The Balaban J connectivity index is 0.00000145. The number of Topliss-reactive ketones (excluding diaryl/α,β-unsaturated/α-hetero) is 1. The van der Waals surface area contributed by atoms with Crippen LogP contribution in [0.3, 0.4) is 0 Å². The Morgan fingerprint density at radius 2 is 1.69 bits per heavy atom. The van der Waals surface area contributed by atoms with Gasteiger partial charge in [-0.05, 0) is 25.1 Å². The van der Waals surface area contributed by atoms with Crippen LogP contribution >= 0.6 is 0 Å². The van der Waals surface area contributed by atoms with Gasteiger partial charge >= 0.3 is 5.69 Å². The number of nitro benzene ring substituents is 1. The maximum atomic E-state index is 11.9. The van der Waals surface area contributed by atoms with Crippen molar-refractivity contribution in [2.24, 2.45) is 0 Å². The molecule has 1 aromatic heterocycles. The zero-order valence-corrected chi connectivity index (χ0v) is 16.9. The quantitative estimate of drug-likeness (QED) is 0.320. The van der Waals surface area contributed by atoms with Crippen LogP contribution in [0.25, 0.3) is 10.9 Å². The molecule has 0 fully saturated rings. The van der Waals surface area contributed by atoms with Crippen LogP contribution in [0.4, 0.5) is 5.69 Å². The van der Waals surface area contributed by atoms with Crippen molar-refractivity contribution < 1.29 is 23.9 Å². The number of methoxy groups -OCH3 is 2. The van der Waals surface area contributed by atoms with Crippen LogP contribution in [-0.4, -0.2) is 29.9 Å². The molecule has 0 radical (unpaired) electrons. The Morgan fingerprint density at radius 3 is 2.28 bits per heavy atom. The fourth-order valence-electron chi connectivity index (χ4n) is 2.68. The number of nitro groups is 1. The van der Waals surface area contributed by atoms with Crippen molar-refractivity contribution in [2.45, 2.75) is 20.8 Å². The molecule has 29 heavy (non-hydrogen) atoms. The average molecular weight is 398 g/mol. The minimum Gasteiger partial charge on any atom is -0.496 e. The van der Waals surface area contributed by atoms with Gasteiger partial charge in [-0.25, -0.2) is 0 Å². The molecule has 1 heterocycles. The topological polar surface area (TPSA) is 101 Å². The highest BCUT2D eigenvalue weighted by atomic mass is 16.6. The van der Waals surface area contributed by atoms with Crippen molar-refractivity contribution >= 4 is 22.4 Å². The smallest absolute Gasteiger partial charge is 0.311 e. The third-order valence-electron chi connectivity index (χ3n) is 3.98. The van der Waals surface area contributed by atoms with Crippen molar-refractivity contribution in [1.29, 1.82) is 0 Å². The number of rotatable bonds is 6. The van der Waals surface area contributed by atoms with Gasteiger partial charge in [0.15, 0.2) is 5.78 Å². The number of ketones is 1. The van der Waals surface area contributed by atoms with Crippen molar-refractivity contribution in [3.05, 3.63) is 58.3 Å². The zero-order chi connectivity index (χ0) is 21.6. The summed E-state index contributed by atoms with van der Waals surface area (Å²) < 4.78 is 16.2. The molecule has 0 atom stereocenters. The van der Waals surface area contributed by atoms with E-state index >= 15 is 0 Å². The monoisotopic (exact) mass is 398 g/mol. The summed E-state index contributed by atoms with van der Waals surface area (Å²) in [5.41, 5.74) is 0.834. The molecule has 0 spiro atoms. The lowest BCUT2D eigenvalue weighted by atomic mass is 10.1. The molecular weight excluding hydrogens is 376 g/mol. The number of ether oxygens (including phenoxy) is 3. The number of benzene rings is 2. The molecule has 8 heteroatoms. The van der Waals surface area contributed by atoms with E-state index in [0.29, 0.717) is 33.7 Å². The molecule has 0 amide bonds. The van der Waals surface area contributed by atoms with Crippen molar-refractivity contribution in [1.82, 2.24) is 4.98 Å². The van der Waals surface area contributed by atoms with Crippen LogP contribution in [0.15, 0.2) is 42.6 Å². The molecule has 2 aromatic carbocycles. The van der Waals surface area contributed by atoms with Gasteiger partial charge in [-0.3, -0.25) is 19.9 Å². The number of carbonyl (C=O) groups is 1. The summed E-state index contributed by atoms with van der Waals surface area (Å²) in [6, 6.07) is 9.17. The summed E-state index contributed by atoms with van der Waals surface area (Å²) in [5.74, 6) is 1.16.